The fourth-order valence-electron chi connectivity index (χ4n) is 3.79. The van der Waals surface area contributed by atoms with Gasteiger partial charge in [0.05, 0.1) is 19.8 Å². The number of nitrogens with zero attached hydrogens (tertiary/aromatic N) is 3. The summed E-state index contributed by atoms with van der Waals surface area (Å²) < 4.78 is 10.9. The van der Waals surface area contributed by atoms with Crippen LogP contribution >= 0.6 is 11.3 Å². The summed E-state index contributed by atoms with van der Waals surface area (Å²) in [5.41, 5.74) is 4.18. The van der Waals surface area contributed by atoms with E-state index in [2.05, 4.69) is 39.3 Å². The zero-order valence-electron chi connectivity index (χ0n) is 18.8. The summed E-state index contributed by atoms with van der Waals surface area (Å²) in [6, 6.07) is 11.8. The minimum absolute atomic E-state index is 0.232. The molecule has 0 bridgehead atoms. The van der Waals surface area contributed by atoms with E-state index >= 15 is 0 Å². The predicted octanol–water partition coefficient (Wildman–Crippen LogP) is 4.14. The predicted molar refractivity (Wildman–Crippen MR) is 129 cm³/mol. The lowest BCUT2D eigenvalue weighted by molar-refractivity contribution is 0.102. The maximum atomic E-state index is 12.9. The van der Waals surface area contributed by atoms with E-state index in [1.165, 1.54) is 17.0 Å². The number of aromatic nitrogens is 1. The standard InChI is InChI=1S/C24H28N4O3S/c1-16-14-17(28-12-10-27(2)11-13-28)8-9-19(16)25-23(29)20-15-32-24(26-20)18-6-5-7-21(30-3)22(18)31-4/h5-9,14-15H,10-13H2,1-4H3,(H,25,29). The topological polar surface area (TPSA) is 66.9 Å². The first kappa shape index (κ1) is 22.1. The van der Waals surface area contributed by atoms with Crippen molar-refractivity contribution in [3.8, 4) is 22.1 Å². The molecule has 168 valence electrons. The minimum atomic E-state index is -0.232. The molecule has 2 aromatic carbocycles. The van der Waals surface area contributed by atoms with Crippen molar-refractivity contribution >= 4 is 28.6 Å². The third-order valence-corrected chi connectivity index (χ3v) is 6.57. The third-order valence-electron chi connectivity index (χ3n) is 5.70. The molecule has 1 aliphatic heterocycles. The molecule has 1 aromatic heterocycles. The van der Waals surface area contributed by atoms with Crippen LogP contribution in [0.25, 0.3) is 10.6 Å². The second kappa shape index (κ2) is 9.58. The van der Waals surface area contributed by atoms with Crippen molar-refractivity contribution in [1.82, 2.24) is 9.88 Å². The summed E-state index contributed by atoms with van der Waals surface area (Å²) >= 11 is 1.40. The van der Waals surface area contributed by atoms with Gasteiger partial charge < -0.3 is 24.6 Å². The number of benzene rings is 2. The van der Waals surface area contributed by atoms with Crippen molar-refractivity contribution < 1.29 is 14.3 Å². The third kappa shape index (κ3) is 4.56. The fourth-order valence-corrected chi connectivity index (χ4v) is 4.61. The number of amides is 1. The monoisotopic (exact) mass is 452 g/mol. The lowest BCUT2D eigenvalue weighted by Crippen LogP contribution is -2.44. The number of carbonyl (C=O) groups excluding carboxylic acids is 1. The highest BCUT2D eigenvalue weighted by Crippen LogP contribution is 2.39. The number of hydrogen-bond donors (Lipinski definition) is 1. The molecule has 0 spiro atoms. The first-order chi connectivity index (χ1) is 15.5. The van der Waals surface area contributed by atoms with Gasteiger partial charge in [0.2, 0.25) is 0 Å². The number of methoxy groups -OCH3 is 2. The molecule has 7 nitrogen and oxygen atoms in total. The molecule has 4 rings (SSSR count). The molecule has 2 heterocycles. The Morgan fingerprint density at radius 2 is 1.88 bits per heavy atom. The number of carbonyl (C=O) groups is 1. The van der Waals surface area contributed by atoms with Crippen molar-refractivity contribution in [2.45, 2.75) is 6.92 Å². The average molecular weight is 453 g/mol. The van der Waals surface area contributed by atoms with Gasteiger partial charge in [0.15, 0.2) is 11.5 Å². The summed E-state index contributed by atoms with van der Waals surface area (Å²) in [5, 5.41) is 5.47. The number of para-hydroxylation sites is 1. The Hall–Kier alpha value is -3.10. The normalized spacial score (nSPS) is 14.3. The molecule has 32 heavy (non-hydrogen) atoms. The highest BCUT2D eigenvalue weighted by Gasteiger charge is 2.19. The number of ether oxygens (including phenoxy) is 2. The van der Waals surface area contributed by atoms with E-state index in [1.807, 2.05) is 31.2 Å². The molecule has 8 heteroatoms. The second-order valence-corrected chi connectivity index (χ2v) is 8.68. The zero-order chi connectivity index (χ0) is 22.7. The first-order valence-electron chi connectivity index (χ1n) is 10.5. The van der Waals surface area contributed by atoms with Gasteiger partial charge in [0.1, 0.15) is 10.7 Å². The van der Waals surface area contributed by atoms with Gasteiger partial charge in [-0.05, 0) is 49.9 Å². The van der Waals surface area contributed by atoms with Crippen LogP contribution in [0.1, 0.15) is 16.1 Å². The van der Waals surface area contributed by atoms with Gasteiger partial charge in [-0.1, -0.05) is 6.07 Å². The van der Waals surface area contributed by atoms with Crippen LogP contribution in [0.5, 0.6) is 11.5 Å². The number of anilines is 2. The van der Waals surface area contributed by atoms with Crippen LogP contribution in [0.3, 0.4) is 0 Å². The smallest absolute Gasteiger partial charge is 0.275 e. The Morgan fingerprint density at radius 3 is 2.56 bits per heavy atom. The van der Waals surface area contributed by atoms with E-state index < -0.39 is 0 Å². The number of rotatable bonds is 6. The van der Waals surface area contributed by atoms with Crippen molar-refractivity contribution in [3.05, 3.63) is 53.0 Å². The maximum Gasteiger partial charge on any atom is 0.275 e. The quantitative estimate of drug-likeness (QED) is 0.606. The summed E-state index contributed by atoms with van der Waals surface area (Å²) in [5.74, 6) is 0.999. The van der Waals surface area contributed by atoms with E-state index in [0.29, 0.717) is 22.2 Å². The fraction of sp³-hybridized carbons (Fsp3) is 0.333. The lowest BCUT2D eigenvalue weighted by Gasteiger charge is -2.34. The number of aryl methyl sites for hydroxylation is 1. The van der Waals surface area contributed by atoms with E-state index in [9.17, 15) is 4.79 Å². The van der Waals surface area contributed by atoms with Gasteiger partial charge in [0.25, 0.3) is 5.91 Å². The van der Waals surface area contributed by atoms with Crippen molar-refractivity contribution in [2.24, 2.45) is 0 Å². The summed E-state index contributed by atoms with van der Waals surface area (Å²) in [7, 11) is 5.34. The van der Waals surface area contributed by atoms with Crippen molar-refractivity contribution in [3.63, 3.8) is 0 Å². The summed E-state index contributed by atoms with van der Waals surface area (Å²) in [6.07, 6.45) is 0. The van der Waals surface area contributed by atoms with Crippen LogP contribution in [0.4, 0.5) is 11.4 Å². The largest absolute Gasteiger partial charge is 0.493 e. The number of nitrogens with one attached hydrogen (secondary N) is 1. The molecule has 0 radical (unpaired) electrons. The van der Waals surface area contributed by atoms with E-state index in [1.54, 1.807) is 19.6 Å². The van der Waals surface area contributed by atoms with Gasteiger partial charge in [-0.15, -0.1) is 11.3 Å². The Labute approximate surface area is 192 Å². The van der Waals surface area contributed by atoms with Crippen LogP contribution in [-0.2, 0) is 0 Å². The maximum absolute atomic E-state index is 12.9. The van der Waals surface area contributed by atoms with Crippen LogP contribution in [0.2, 0.25) is 0 Å². The van der Waals surface area contributed by atoms with Crippen LogP contribution in [0, 0.1) is 6.92 Å². The molecule has 1 amide bonds. The number of hydrogen-bond acceptors (Lipinski definition) is 7. The average Bonchev–Trinajstić information content (AvgIpc) is 3.30. The Morgan fingerprint density at radius 1 is 1.09 bits per heavy atom. The SMILES string of the molecule is COc1cccc(-c2nc(C(=O)Nc3ccc(N4CCN(C)CC4)cc3C)cs2)c1OC. The molecule has 0 unspecified atom stereocenters. The van der Waals surface area contributed by atoms with Crippen molar-refractivity contribution in [2.75, 3.05) is 57.7 Å². The molecule has 1 fully saturated rings. The molecule has 0 atom stereocenters. The van der Waals surface area contributed by atoms with Gasteiger partial charge >= 0.3 is 0 Å². The van der Waals surface area contributed by atoms with E-state index in [-0.39, 0.29) is 5.91 Å². The number of likely N-dealkylation sites (N-methyl/N-ethyl adjacent to an activating group) is 1. The van der Waals surface area contributed by atoms with Gasteiger partial charge in [-0.25, -0.2) is 4.98 Å². The molecule has 0 saturated carbocycles. The van der Waals surface area contributed by atoms with Gasteiger partial charge in [0, 0.05) is 42.9 Å². The Kier molecular flexibility index (Phi) is 6.62. The number of thiazole rings is 1. The molecule has 1 saturated heterocycles. The molecule has 3 aromatic rings. The summed E-state index contributed by atoms with van der Waals surface area (Å²) in [4.78, 5) is 22.1. The van der Waals surface area contributed by atoms with Crippen LogP contribution in [0.15, 0.2) is 41.8 Å². The van der Waals surface area contributed by atoms with Crippen LogP contribution in [-0.4, -0.2) is 63.2 Å². The Bertz CT molecular complexity index is 1110. The highest BCUT2D eigenvalue weighted by atomic mass is 32.1. The van der Waals surface area contributed by atoms with Gasteiger partial charge in [-0.2, -0.15) is 0 Å². The van der Waals surface area contributed by atoms with Crippen LogP contribution < -0.4 is 19.7 Å². The molecular weight excluding hydrogens is 424 g/mol. The lowest BCUT2D eigenvalue weighted by atomic mass is 10.1. The Balaban J connectivity index is 1.49. The number of piperazine rings is 1. The first-order valence-corrected chi connectivity index (χ1v) is 11.4. The molecule has 1 N–H and O–H groups in total. The zero-order valence-corrected chi connectivity index (χ0v) is 19.7. The molecular formula is C24H28N4O3S. The van der Waals surface area contributed by atoms with Crippen molar-refractivity contribution in [1.29, 1.82) is 0 Å². The minimum Gasteiger partial charge on any atom is -0.493 e. The second-order valence-electron chi connectivity index (χ2n) is 7.82. The van der Waals surface area contributed by atoms with E-state index in [4.69, 9.17) is 9.47 Å². The highest BCUT2D eigenvalue weighted by molar-refractivity contribution is 7.13. The molecule has 0 aliphatic carbocycles. The van der Waals surface area contributed by atoms with Gasteiger partial charge in [-0.3, -0.25) is 4.79 Å². The molecule has 1 aliphatic rings. The van der Waals surface area contributed by atoms with E-state index in [0.717, 1.165) is 43.0 Å². The summed E-state index contributed by atoms with van der Waals surface area (Å²) in [6.45, 7) is 6.15.